The second-order valence-electron chi connectivity index (χ2n) is 15.0. The second kappa shape index (κ2) is 28.7. The van der Waals surface area contributed by atoms with Crippen LogP contribution in [-0.2, 0) is 39.8 Å². The van der Waals surface area contributed by atoms with Crippen LogP contribution < -0.4 is 37.2 Å². The van der Waals surface area contributed by atoms with Crippen LogP contribution in [0.25, 0.3) is 0 Å². The number of hydrogen-bond acceptors (Lipinski definition) is 13. The molecule has 0 saturated carbocycles. The first-order chi connectivity index (χ1) is 29.0. The molecule has 0 bridgehead atoms. The van der Waals surface area contributed by atoms with Crippen LogP contribution in [0, 0.1) is 0 Å². The molecule has 0 saturated heterocycles. The number of nitrogens with one attached hydrogen (secondary N) is 7. The summed E-state index contributed by atoms with van der Waals surface area (Å²) in [4.78, 5) is 74.3. The summed E-state index contributed by atoms with van der Waals surface area (Å²) in [7, 11) is 0. The fourth-order valence-corrected chi connectivity index (χ4v) is 4.66. The molecule has 20 heteroatoms. The van der Waals surface area contributed by atoms with Gasteiger partial charge < -0.3 is 70.4 Å². The van der Waals surface area contributed by atoms with Crippen molar-refractivity contribution in [3.63, 3.8) is 0 Å². The highest BCUT2D eigenvalue weighted by atomic mass is 16.6. The molecule has 61 heavy (non-hydrogen) atoms. The summed E-state index contributed by atoms with van der Waals surface area (Å²) in [5, 5.41) is 18.5. The highest BCUT2D eigenvalue weighted by Gasteiger charge is 2.17. The van der Waals surface area contributed by atoms with Gasteiger partial charge in [-0.25, -0.2) is 19.2 Å². The molecule has 2 aromatic carbocycles. The smallest absolute Gasteiger partial charge is 0.407 e. The van der Waals surface area contributed by atoms with E-state index in [9.17, 15) is 28.8 Å². The fourth-order valence-electron chi connectivity index (χ4n) is 4.66. The lowest BCUT2D eigenvalue weighted by molar-refractivity contribution is 0.0489. The SMILES string of the molecule is CC(C)(C)OC(=O)NCCOCCNC(=O)c1cc(NC(=O)NCCOCCOCCNC(=O)OCc2ccccc2)cc(C(=O)NCCOCCNC(=O)OC(C)(C)C)c1. The maximum absolute atomic E-state index is 13.1. The number of carbonyl (C=O) groups is 6. The van der Waals surface area contributed by atoms with E-state index in [-0.39, 0.29) is 116 Å². The monoisotopic (exact) mass is 861 g/mol. The van der Waals surface area contributed by atoms with E-state index in [1.54, 1.807) is 41.5 Å². The van der Waals surface area contributed by atoms with Crippen molar-refractivity contribution in [2.45, 2.75) is 59.4 Å². The number of hydrogen-bond donors (Lipinski definition) is 7. The van der Waals surface area contributed by atoms with Crippen molar-refractivity contribution in [1.82, 2.24) is 31.9 Å². The predicted molar refractivity (Wildman–Crippen MR) is 225 cm³/mol. The van der Waals surface area contributed by atoms with E-state index in [1.807, 2.05) is 30.3 Å². The molecule has 0 aromatic heterocycles. The second-order valence-corrected chi connectivity index (χ2v) is 15.0. The van der Waals surface area contributed by atoms with Crippen LogP contribution in [0.1, 0.15) is 67.8 Å². The van der Waals surface area contributed by atoms with Crippen LogP contribution in [0.3, 0.4) is 0 Å². The maximum atomic E-state index is 13.1. The van der Waals surface area contributed by atoms with Gasteiger partial charge in [0.2, 0.25) is 0 Å². The highest BCUT2D eigenvalue weighted by molar-refractivity contribution is 6.02. The van der Waals surface area contributed by atoms with Gasteiger partial charge in [-0.3, -0.25) is 9.59 Å². The standard InChI is InChI=1S/C41H63N7O13/c1-40(2,3)60-38(53)46-16-21-55-18-12-42-34(49)31-26-32(35(50)43-13-19-56-22-17-47-39(54)61-41(4,5)6)28-33(27-31)48-36(51)44-14-20-57-24-25-58-23-15-45-37(52)59-29-30-10-8-7-9-11-30/h7-11,26-28H,12-25,29H2,1-6H3,(H,42,49)(H,43,50)(H,45,52)(H,46,53)(H,47,54)(H2,44,48,51). The summed E-state index contributed by atoms with van der Waals surface area (Å²) in [6, 6.07) is 12.9. The number of amides is 7. The Morgan fingerprint density at radius 2 is 0.869 bits per heavy atom. The van der Waals surface area contributed by atoms with E-state index in [1.165, 1.54) is 18.2 Å². The number of anilines is 1. The molecule has 2 rings (SSSR count). The Balaban J connectivity index is 1.78. The van der Waals surface area contributed by atoms with Crippen LogP contribution in [0.5, 0.6) is 0 Å². The van der Waals surface area contributed by atoms with Crippen molar-refractivity contribution >= 4 is 41.8 Å². The topological polar surface area (TPSA) is 251 Å². The van der Waals surface area contributed by atoms with E-state index in [2.05, 4.69) is 37.2 Å². The molecular weight excluding hydrogens is 798 g/mol. The highest BCUT2D eigenvalue weighted by Crippen LogP contribution is 2.16. The van der Waals surface area contributed by atoms with Gasteiger partial charge >= 0.3 is 24.3 Å². The lowest BCUT2D eigenvalue weighted by atomic mass is 10.1. The van der Waals surface area contributed by atoms with Crippen LogP contribution in [0.2, 0.25) is 0 Å². The molecule has 0 atom stereocenters. The van der Waals surface area contributed by atoms with Gasteiger partial charge in [0.05, 0.1) is 52.9 Å². The van der Waals surface area contributed by atoms with Gasteiger partial charge in [0.15, 0.2) is 0 Å². The number of urea groups is 1. The van der Waals surface area contributed by atoms with Crippen molar-refractivity contribution in [1.29, 1.82) is 0 Å². The van der Waals surface area contributed by atoms with E-state index in [4.69, 9.17) is 33.2 Å². The molecule has 2 aromatic rings. The molecule has 0 spiro atoms. The normalized spacial score (nSPS) is 11.1. The lowest BCUT2D eigenvalue weighted by Gasteiger charge is -2.19. The number of benzene rings is 2. The van der Waals surface area contributed by atoms with Crippen molar-refractivity contribution < 1.29 is 61.9 Å². The molecule has 0 heterocycles. The molecule has 20 nitrogen and oxygen atoms in total. The largest absolute Gasteiger partial charge is 0.445 e. The average molecular weight is 862 g/mol. The first-order valence-corrected chi connectivity index (χ1v) is 20.0. The Morgan fingerprint density at radius 3 is 1.31 bits per heavy atom. The van der Waals surface area contributed by atoms with Gasteiger partial charge in [-0.15, -0.1) is 0 Å². The summed E-state index contributed by atoms with van der Waals surface area (Å²) >= 11 is 0. The van der Waals surface area contributed by atoms with Gasteiger partial charge in [0.1, 0.15) is 17.8 Å². The molecular formula is C41H63N7O13. The summed E-state index contributed by atoms with van der Waals surface area (Å²) in [5.41, 5.74) is 0.00821. The molecule has 0 aliphatic rings. The molecule has 0 aliphatic carbocycles. The van der Waals surface area contributed by atoms with E-state index >= 15 is 0 Å². The Morgan fingerprint density at radius 1 is 0.475 bits per heavy atom. The summed E-state index contributed by atoms with van der Waals surface area (Å²) in [6.07, 6.45) is -1.68. The summed E-state index contributed by atoms with van der Waals surface area (Å²) < 4.78 is 37.3. The Labute approximate surface area is 357 Å². The van der Waals surface area contributed by atoms with Gasteiger partial charge in [-0.1, -0.05) is 30.3 Å². The van der Waals surface area contributed by atoms with E-state index in [0.717, 1.165) is 5.56 Å². The zero-order valence-electron chi connectivity index (χ0n) is 36.0. The number of rotatable bonds is 26. The molecule has 7 amide bonds. The van der Waals surface area contributed by atoms with Crippen LogP contribution in [0.4, 0.5) is 24.9 Å². The minimum Gasteiger partial charge on any atom is -0.445 e. The molecule has 0 aliphatic heterocycles. The van der Waals surface area contributed by atoms with Crippen LogP contribution in [-0.4, -0.2) is 139 Å². The molecule has 0 fully saturated rings. The fraction of sp³-hybridized carbons (Fsp3) is 0.561. The van der Waals surface area contributed by atoms with Crippen molar-refractivity contribution in [2.24, 2.45) is 0 Å². The maximum Gasteiger partial charge on any atom is 0.407 e. The Hall–Kier alpha value is -5.70. The first kappa shape index (κ1) is 51.4. The van der Waals surface area contributed by atoms with Crippen molar-refractivity contribution in [3.05, 3.63) is 65.2 Å². The van der Waals surface area contributed by atoms with Crippen LogP contribution in [0.15, 0.2) is 48.5 Å². The van der Waals surface area contributed by atoms with Gasteiger partial charge in [-0.2, -0.15) is 0 Å². The average Bonchev–Trinajstić information content (AvgIpc) is 3.18. The minimum atomic E-state index is -0.624. The zero-order valence-corrected chi connectivity index (χ0v) is 36.0. The Bertz CT molecular complexity index is 1580. The third-order valence-corrected chi connectivity index (χ3v) is 7.24. The summed E-state index contributed by atoms with van der Waals surface area (Å²) in [5.74, 6) is -1.05. The van der Waals surface area contributed by atoms with Crippen LogP contribution >= 0.6 is 0 Å². The molecule has 0 radical (unpaired) electrons. The molecule has 7 N–H and O–H groups in total. The van der Waals surface area contributed by atoms with Gasteiger partial charge in [-0.05, 0) is 65.3 Å². The van der Waals surface area contributed by atoms with E-state index in [0.29, 0.717) is 0 Å². The van der Waals surface area contributed by atoms with E-state index < -0.39 is 47.3 Å². The molecule has 340 valence electrons. The first-order valence-electron chi connectivity index (χ1n) is 20.0. The quantitative estimate of drug-likeness (QED) is 0.0531. The Kier molecular flexibility index (Phi) is 24.2. The number of carbonyl (C=O) groups excluding carboxylic acids is 6. The minimum absolute atomic E-state index is 0.0987. The van der Waals surface area contributed by atoms with Crippen molar-refractivity contribution in [2.75, 3.05) is 97.4 Å². The van der Waals surface area contributed by atoms with Gasteiger partial charge in [0.25, 0.3) is 11.8 Å². The zero-order chi connectivity index (χ0) is 44.9. The van der Waals surface area contributed by atoms with Gasteiger partial charge in [0, 0.05) is 56.1 Å². The van der Waals surface area contributed by atoms with Crippen molar-refractivity contribution in [3.8, 4) is 0 Å². The summed E-state index contributed by atoms with van der Waals surface area (Å²) in [6.45, 7) is 13.4. The number of ether oxygens (including phenoxy) is 7. The number of alkyl carbamates (subject to hydrolysis) is 3. The third kappa shape index (κ3) is 26.9. The predicted octanol–water partition coefficient (Wildman–Crippen LogP) is 3.31. The lowest BCUT2D eigenvalue weighted by Crippen LogP contribution is -2.35. The third-order valence-electron chi connectivity index (χ3n) is 7.24. The molecule has 0 unspecified atom stereocenters.